The van der Waals surface area contributed by atoms with Gasteiger partial charge in [-0.1, -0.05) is 126 Å². The molecule has 5 aromatic heterocycles. The van der Waals surface area contributed by atoms with E-state index in [4.69, 9.17) is 70.4 Å². The number of rotatable bonds is 10. The molecule has 5 heterocycles. The predicted molar refractivity (Wildman–Crippen MR) is 322 cm³/mol. The van der Waals surface area contributed by atoms with Crippen molar-refractivity contribution in [2.45, 2.75) is 19.6 Å². The Morgan fingerprint density at radius 1 is 0.519 bits per heavy atom. The molecule has 0 unspecified atom stereocenters. The number of anilines is 3. The quantitative estimate of drug-likeness (QED) is 0.0373. The van der Waals surface area contributed by atoms with Crippen LogP contribution >= 0.6 is 66.7 Å². The minimum atomic E-state index is -0.191. The second kappa shape index (κ2) is 35.1. The van der Waals surface area contributed by atoms with Crippen LogP contribution in [0.15, 0.2) is 223 Å². The summed E-state index contributed by atoms with van der Waals surface area (Å²) in [7, 11) is 0. The largest absolute Gasteiger partial charge is 1.00 e. The first kappa shape index (κ1) is 65.0. The average Bonchev–Trinajstić information content (AvgIpc) is 4.40. The minimum Gasteiger partial charge on any atom is -0.512 e. The Balaban J connectivity index is 0.000000215. The van der Waals surface area contributed by atoms with Gasteiger partial charge in [-0.25, -0.2) is 4.85 Å². The van der Waals surface area contributed by atoms with Gasteiger partial charge in [0.1, 0.15) is 0 Å². The first-order valence-electron chi connectivity index (χ1n) is 23.5. The second-order valence-corrected chi connectivity index (χ2v) is 19.5. The third-order valence-corrected chi connectivity index (χ3v) is 12.0. The summed E-state index contributed by atoms with van der Waals surface area (Å²) in [5.41, 5.74) is 24.4. The van der Waals surface area contributed by atoms with Gasteiger partial charge in [-0.3, -0.25) is 33.8 Å². The normalized spacial score (nSPS) is 9.65. The van der Waals surface area contributed by atoms with Crippen molar-refractivity contribution in [3.63, 3.8) is 0 Å². The molecule has 0 amide bonds. The van der Waals surface area contributed by atoms with E-state index in [9.17, 15) is 9.59 Å². The Kier molecular flexibility index (Phi) is 28.2. The van der Waals surface area contributed by atoms with Crippen LogP contribution in [0.3, 0.4) is 0 Å². The molecule has 8 N–H and O–H groups in total. The molecule has 0 bridgehead atoms. The molecule has 414 valence electrons. The van der Waals surface area contributed by atoms with Crippen LogP contribution in [0, 0.1) is 18.4 Å². The zero-order valence-corrected chi connectivity index (χ0v) is 48.9. The van der Waals surface area contributed by atoms with E-state index in [0.717, 1.165) is 38.3 Å². The fraction of sp³-hybridized carbons (Fsp3) is 0.0517. The van der Waals surface area contributed by atoms with Crippen LogP contribution in [0.2, 0.25) is 15.1 Å². The van der Waals surface area contributed by atoms with Crippen molar-refractivity contribution in [2.24, 2.45) is 0 Å². The summed E-state index contributed by atoms with van der Waals surface area (Å²) in [6.45, 7) is 13.7. The SMILES string of the molecule is Brc1cn[nH]c1.Brc1cnn(Cc2ccccc2)c1.Nc1ccc(Cl)cc1.Nc1ccc(Cl)cc1C(=O)c1cn[nH]c1.Nc1ccc(Cl)cc1C(=O)c1cnn(Cc2ccccc2)c1.[C-]#N.[C-]#[N+]c1cnn(Cc2ccccc2)c1.[Cu+]. The standard InChI is InChI=1S/C17H14ClN3O.C11H9N3.C10H9BrN2.C10H8ClN3O.C6H6ClN.C3H3BrN2.CN.Cu/c18-14-6-7-16(19)15(8-14)17(22)13-9-20-21(11-13)10-12-4-2-1-3-5-12;1-12-11-7-13-14(9-11)8-10-5-3-2-4-6-10;11-10-6-12-13(8-10)7-9-4-2-1-3-5-9;11-7-1-2-9(12)8(3-7)10(15)6-4-13-14-5-6;7-5-1-3-6(8)4-2-5;4-3-1-5-6-2-3;1-2;/h1-9,11H,10,19H2;2-7,9H,8H2;1-6,8H,7H2;1-5H,12H2,(H,13,14);1-4H,8H2;1-2H,(H,5,6);;/q;;;;;;-1;+1. The Morgan fingerprint density at radius 2 is 0.951 bits per heavy atom. The van der Waals surface area contributed by atoms with Crippen molar-refractivity contribution in [1.29, 1.82) is 5.26 Å². The van der Waals surface area contributed by atoms with Crippen molar-refractivity contribution in [2.75, 3.05) is 17.2 Å². The van der Waals surface area contributed by atoms with E-state index >= 15 is 0 Å². The van der Waals surface area contributed by atoms with Gasteiger partial charge in [0.2, 0.25) is 5.69 Å². The topological polar surface area (TPSA) is 251 Å². The molecule has 0 spiro atoms. The maximum Gasteiger partial charge on any atom is 1.00 e. The number of carbonyl (C=O) groups excluding carboxylic acids is 2. The summed E-state index contributed by atoms with van der Waals surface area (Å²) in [6, 6.07) is 47.0. The predicted octanol–water partition coefficient (Wildman–Crippen LogP) is 13.6. The number of ketones is 2. The van der Waals surface area contributed by atoms with Gasteiger partial charge in [0.15, 0.2) is 11.6 Å². The van der Waals surface area contributed by atoms with Gasteiger partial charge in [-0.15, -0.1) is 0 Å². The third kappa shape index (κ3) is 23.0. The number of carbonyl (C=O) groups is 2. The molecule has 23 heteroatoms. The number of hydrogen-bond acceptors (Lipinski definition) is 11. The molecule has 0 saturated carbocycles. The number of H-pyrrole nitrogens is 2. The summed E-state index contributed by atoms with van der Waals surface area (Å²) in [6.07, 6.45) is 16.8. The van der Waals surface area contributed by atoms with E-state index in [1.54, 1.807) is 113 Å². The second-order valence-electron chi connectivity index (χ2n) is 16.3. The van der Waals surface area contributed by atoms with Crippen molar-refractivity contribution >= 4 is 101 Å². The molecular weight excluding hydrogens is 1270 g/mol. The molecule has 81 heavy (non-hydrogen) atoms. The maximum absolute atomic E-state index is 12.5. The fourth-order valence-corrected chi connectivity index (χ4v) is 7.64. The Labute approximate surface area is 510 Å². The first-order chi connectivity index (χ1) is 38.7. The molecule has 17 nitrogen and oxygen atoms in total. The van der Waals surface area contributed by atoms with Crippen LogP contribution in [-0.2, 0) is 36.7 Å². The van der Waals surface area contributed by atoms with E-state index < -0.39 is 0 Å². The number of nitrogens with two attached hydrogens (primary N) is 3. The Hall–Kier alpha value is -8.56. The summed E-state index contributed by atoms with van der Waals surface area (Å²) >= 11 is 23.8. The van der Waals surface area contributed by atoms with Gasteiger partial charge in [-0.2, -0.15) is 25.5 Å². The first-order valence-corrected chi connectivity index (χ1v) is 26.2. The van der Waals surface area contributed by atoms with E-state index in [-0.39, 0.29) is 28.6 Å². The van der Waals surface area contributed by atoms with E-state index in [1.165, 1.54) is 23.5 Å². The van der Waals surface area contributed by atoms with Crippen molar-refractivity contribution in [3.05, 3.63) is 295 Å². The van der Waals surface area contributed by atoms with E-state index in [2.05, 4.69) is 84.5 Å². The Morgan fingerprint density at radius 3 is 1.35 bits per heavy atom. The Bertz CT molecular complexity index is 3630. The number of aromatic amines is 2. The van der Waals surface area contributed by atoms with E-state index in [1.807, 2.05) is 89.7 Å². The molecule has 0 aliphatic carbocycles. The van der Waals surface area contributed by atoms with Gasteiger partial charge in [0.05, 0.1) is 77.3 Å². The van der Waals surface area contributed by atoms with Crippen molar-refractivity contribution < 1.29 is 26.7 Å². The smallest absolute Gasteiger partial charge is 0.512 e. The van der Waals surface area contributed by atoms with Crippen molar-refractivity contribution in [1.82, 2.24) is 49.7 Å². The molecule has 11 aromatic rings. The van der Waals surface area contributed by atoms with Crippen LogP contribution in [0.25, 0.3) is 4.85 Å². The maximum atomic E-state index is 12.5. The monoisotopic (exact) mass is 1310 g/mol. The molecule has 0 fully saturated rings. The minimum absolute atomic E-state index is 0. The molecule has 0 atom stereocenters. The number of nitrogens with one attached hydrogen (secondary N) is 2. The zero-order valence-electron chi connectivity index (χ0n) is 42.5. The number of aromatic nitrogens is 10. The van der Waals surface area contributed by atoms with Crippen LogP contribution in [0.5, 0.6) is 0 Å². The molecule has 0 saturated heterocycles. The molecule has 6 aromatic carbocycles. The summed E-state index contributed by atoms with van der Waals surface area (Å²) in [5, 5.41) is 33.0. The third-order valence-electron chi connectivity index (χ3n) is 10.4. The molecule has 0 aliphatic rings. The van der Waals surface area contributed by atoms with Crippen molar-refractivity contribution in [3.8, 4) is 0 Å². The van der Waals surface area contributed by atoms with Gasteiger partial charge in [0, 0.05) is 74.2 Å². The molecule has 11 rings (SSSR count). The van der Waals surface area contributed by atoms with Crippen LogP contribution in [0.1, 0.15) is 48.5 Å². The zero-order chi connectivity index (χ0) is 57.7. The van der Waals surface area contributed by atoms with Gasteiger partial charge in [-0.05, 0) is 109 Å². The van der Waals surface area contributed by atoms with Gasteiger partial charge in [0.25, 0.3) is 0 Å². The summed E-state index contributed by atoms with van der Waals surface area (Å²) in [4.78, 5) is 27.7. The number of hydrogen-bond donors (Lipinski definition) is 5. The van der Waals surface area contributed by atoms with Gasteiger partial charge >= 0.3 is 17.1 Å². The number of benzene rings is 6. The van der Waals surface area contributed by atoms with Crippen LogP contribution in [-0.4, -0.2) is 61.3 Å². The molecule has 0 aliphatic heterocycles. The molecule has 0 radical (unpaired) electrons. The van der Waals surface area contributed by atoms with Gasteiger partial charge < -0.3 is 29.0 Å². The molecular formula is C58H49Br2Cl3CuN15O2. The van der Waals surface area contributed by atoms with Crippen LogP contribution in [0.4, 0.5) is 22.7 Å². The number of nitrogen functional groups attached to an aromatic ring is 3. The average molecular weight is 1320 g/mol. The number of nitrogens with zero attached hydrogens (tertiary/aromatic N) is 10. The van der Waals surface area contributed by atoms with E-state index in [0.29, 0.717) is 55.9 Å². The summed E-state index contributed by atoms with van der Waals surface area (Å²) < 4.78 is 7.40. The number of halogens is 5. The van der Waals surface area contributed by atoms with Crippen LogP contribution < -0.4 is 17.2 Å². The fourth-order valence-electron chi connectivity index (χ4n) is 6.63. The summed E-state index contributed by atoms with van der Waals surface area (Å²) in [5.74, 6) is -0.372.